The number of hydrogen-bond donors (Lipinski definition) is 0. The van der Waals surface area contributed by atoms with Crippen LogP contribution in [-0.2, 0) is 4.79 Å². The van der Waals surface area contributed by atoms with Crippen LogP contribution in [0.25, 0.3) is 11.7 Å². The Morgan fingerprint density at radius 1 is 1.03 bits per heavy atom. The molecule has 2 amide bonds. The Morgan fingerprint density at radius 3 is 2.76 bits per heavy atom. The van der Waals surface area contributed by atoms with E-state index in [2.05, 4.69) is 20.4 Å². The molecule has 1 saturated heterocycles. The van der Waals surface area contributed by atoms with Crippen LogP contribution in [0.5, 0.6) is 0 Å². The Bertz CT molecular complexity index is 1040. The van der Waals surface area contributed by atoms with E-state index < -0.39 is 0 Å². The smallest absolute Gasteiger partial charge is 0.293 e. The van der Waals surface area contributed by atoms with Crippen LogP contribution >= 0.6 is 35.9 Å². The molecule has 3 aromatic rings. The summed E-state index contributed by atoms with van der Waals surface area (Å²) in [6.45, 7) is 0.445. The number of nitrogens with zero attached hydrogens (tertiary/aromatic N) is 4. The van der Waals surface area contributed by atoms with Gasteiger partial charge in [-0.2, -0.15) is 0 Å². The molecule has 0 atom stereocenters. The van der Waals surface area contributed by atoms with Gasteiger partial charge >= 0.3 is 0 Å². The Morgan fingerprint density at radius 2 is 1.93 bits per heavy atom. The van der Waals surface area contributed by atoms with Crippen molar-refractivity contribution in [3.05, 3.63) is 65.6 Å². The summed E-state index contributed by atoms with van der Waals surface area (Å²) in [4.78, 5) is 34.9. The Kier molecular flexibility index (Phi) is 7.35. The van der Waals surface area contributed by atoms with E-state index in [-0.39, 0.29) is 23.6 Å². The predicted octanol–water partition coefficient (Wildman–Crippen LogP) is 4.76. The number of aromatic nitrogens is 3. The van der Waals surface area contributed by atoms with E-state index in [0.717, 1.165) is 41.0 Å². The molecular formula is C20H19ClN4O2S2. The lowest BCUT2D eigenvalue weighted by atomic mass is 10.3. The van der Waals surface area contributed by atoms with Crippen molar-refractivity contribution >= 4 is 58.8 Å². The Hall–Kier alpha value is -2.29. The molecule has 150 valence electrons. The quantitative estimate of drug-likeness (QED) is 0.296. The molecule has 0 N–H and O–H groups in total. The highest BCUT2D eigenvalue weighted by atomic mass is 35.5. The summed E-state index contributed by atoms with van der Waals surface area (Å²) in [5.41, 5.74) is 1.61. The van der Waals surface area contributed by atoms with Gasteiger partial charge in [0.2, 0.25) is 0 Å². The van der Waals surface area contributed by atoms with Crippen molar-refractivity contribution in [2.24, 2.45) is 0 Å². The van der Waals surface area contributed by atoms with E-state index >= 15 is 0 Å². The van der Waals surface area contributed by atoms with Crippen molar-refractivity contribution in [1.29, 1.82) is 0 Å². The minimum atomic E-state index is -0.225. The summed E-state index contributed by atoms with van der Waals surface area (Å²) in [6, 6.07) is 11.5. The van der Waals surface area contributed by atoms with E-state index in [4.69, 9.17) is 0 Å². The number of carbonyl (C=O) groups excluding carboxylic acids is 2. The molecule has 3 aromatic heterocycles. The van der Waals surface area contributed by atoms with Crippen molar-refractivity contribution in [3.63, 3.8) is 0 Å². The molecule has 0 spiro atoms. The molecule has 0 aliphatic carbocycles. The summed E-state index contributed by atoms with van der Waals surface area (Å²) in [5, 5.41) is 0.933. The molecule has 1 aliphatic heterocycles. The lowest BCUT2D eigenvalue weighted by Crippen LogP contribution is -2.29. The van der Waals surface area contributed by atoms with Gasteiger partial charge in [0.05, 0.1) is 15.6 Å². The summed E-state index contributed by atoms with van der Waals surface area (Å²) in [6.07, 6.45) is 8.77. The zero-order valence-electron chi connectivity index (χ0n) is 15.4. The van der Waals surface area contributed by atoms with E-state index in [0.29, 0.717) is 17.1 Å². The van der Waals surface area contributed by atoms with Crippen LogP contribution in [0.3, 0.4) is 0 Å². The van der Waals surface area contributed by atoms with E-state index in [1.165, 1.54) is 4.90 Å². The zero-order valence-corrected chi connectivity index (χ0v) is 17.9. The first-order valence-electron chi connectivity index (χ1n) is 8.94. The number of pyridine rings is 2. The number of halogens is 1. The molecule has 4 heterocycles. The predicted molar refractivity (Wildman–Crippen MR) is 119 cm³/mol. The minimum Gasteiger partial charge on any atom is -0.294 e. The van der Waals surface area contributed by atoms with Crippen LogP contribution in [0.4, 0.5) is 4.79 Å². The van der Waals surface area contributed by atoms with Crippen molar-refractivity contribution in [2.75, 3.05) is 12.3 Å². The standard InChI is InChI=1S/C20H18N4O2S2.ClH/c25-19-16(14-15-6-1-2-9-21-15)28-20(26)24(19)11-3-4-13-27-18-8-5-7-17-22-10-12-23(17)18;/h1-2,5-10,12,14H,3-4,11,13H2;1H. The molecule has 1 aliphatic rings. The fraction of sp³-hybridized carbons (Fsp3) is 0.200. The molecular weight excluding hydrogens is 428 g/mol. The van der Waals surface area contributed by atoms with Crippen LogP contribution < -0.4 is 0 Å². The minimum absolute atomic E-state index is 0. The fourth-order valence-electron chi connectivity index (χ4n) is 2.88. The third kappa shape index (κ3) is 5.01. The largest absolute Gasteiger partial charge is 0.294 e. The molecule has 0 radical (unpaired) electrons. The van der Waals surface area contributed by atoms with Gasteiger partial charge in [-0.15, -0.1) is 24.2 Å². The van der Waals surface area contributed by atoms with E-state index in [1.807, 2.05) is 36.5 Å². The Balaban J connectivity index is 0.00000240. The topological polar surface area (TPSA) is 67.6 Å². The van der Waals surface area contributed by atoms with Gasteiger partial charge in [-0.1, -0.05) is 12.1 Å². The molecule has 1 fully saturated rings. The van der Waals surface area contributed by atoms with Crippen LogP contribution in [-0.4, -0.2) is 42.7 Å². The summed E-state index contributed by atoms with van der Waals surface area (Å²) < 4.78 is 2.06. The molecule has 0 unspecified atom stereocenters. The fourth-order valence-corrected chi connectivity index (χ4v) is 4.75. The van der Waals surface area contributed by atoms with Crippen LogP contribution in [0.1, 0.15) is 18.5 Å². The molecule has 29 heavy (non-hydrogen) atoms. The number of unbranched alkanes of at least 4 members (excludes halogenated alkanes) is 1. The van der Waals surface area contributed by atoms with Crippen LogP contribution in [0.2, 0.25) is 0 Å². The highest BCUT2D eigenvalue weighted by Gasteiger charge is 2.34. The van der Waals surface area contributed by atoms with Gasteiger partial charge in [-0.3, -0.25) is 23.9 Å². The second kappa shape index (κ2) is 9.96. The van der Waals surface area contributed by atoms with Crippen molar-refractivity contribution in [1.82, 2.24) is 19.3 Å². The Labute approximate surface area is 183 Å². The SMILES string of the molecule is Cl.O=C1SC(=Cc2ccccn2)C(=O)N1CCCCSc1cccc2nccn12. The second-order valence-corrected chi connectivity index (χ2v) is 8.27. The molecule has 4 rings (SSSR count). The third-order valence-corrected chi connectivity index (χ3v) is 6.29. The number of imide groups is 1. The average Bonchev–Trinajstić information content (AvgIpc) is 3.29. The van der Waals surface area contributed by atoms with Crippen molar-refractivity contribution in [3.8, 4) is 0 Å². The molecule has 0 bridgehead atoms. The van der Waals surface area contributed by atoms with Crippen LogP contribution in [0.15, 0.2) is 64.9 Å². The van der Waals surface area contributed by atoms with Gasteiger partial charge in [0.1, 0.15) is 5.65 Å². The maximum absolute atomic E-state index is 12.5. The average molecular weight is 447 g/mol. The second-order valence-electron chi connectivity index (χ2n) is 6.16. The van der Waals surface area contributed by atoms with E-state index in [1.54, 1.807) is 30.2 Å². The highest BCUT2D eigenvalue weighted by Crippen LogP contribution is 2.32. The summed E-state index contributed by atoms with van der Waals surface area (Å²) >= 11 is 2.73. The number of imidazole rings is 1. The normalized spacial score (nSPS) is 15.3. The third-order valence-electron chi connectivity index (χ3n) is 4.26. The first-order valence-corrected chi connectivity index (χ1v) is 10.7. The number of rotatable bonds is 7. The van der Waals surface area contributed by atoms with Gasteiger partial charge in [0, 0.05) is 25.1 Å². The van der Waals surface area contributed by atoms with Crippen molar-refractivity contribution in [2.45, 2.75) is 17.9 Å². The van der Waals surface area contributed by atoms with Gasteiger partial charge in [0.15, 0.2) is 0 Å². The maximum atomic E-state index is 12.5. The molecule has 6 nitrogen and oxygen atoms in total. The lowest BCUT2D eigenvalue weighted by molar-refractivity contribution is -0.122. The summed E-state index contributed by atoms with van der Waals surface area (Å²) in [7, 11) is 0. The maximum Gasteiger partial charge on any atom is 0.293 e. The molecule has 9 heteroatoms. The number of fused-ring (bicyclic) bond motifs is 1. The number of amides is 2. The van der Waals surface area contributed by atoms with Gasteiger partial charge in [-0.05, 0) is 60.7 Å². The first-order chi connectivity index (χ1) is 13.7. The number of carbonyl (C=O) groups is 2. The summed E-state index contributed by atoms with van der Waals surface area (Å²) in [5.74, 6) is 0.689. The molecule has 0 saturated carbocycles. The highest BCUT2D eigenvalue weighted by molar-refractivity contribution is 8.18. The van der Waals surface area contributed by atoms with Crippen molar-refractivity contribution < 1.29 is 9.59 Å². The lowest BCUT2D eigenvalue weighted by Gasteiger charge is -2.12. The van der Waals surface area contributed by atoms with Gasteiger partial charge in [0.25, 0.3) is 11.1 Å². The van der Waals surface area contributed by atoms with Gasteiger partial charge in [-0.25, -0.2) is 4.98 Å². The molecule has 0 aromatic carbocycles. The first kappa shape index (κ1) is 21.4. The zero-order chi connectivity index (χ0) is 19.3. The van der Waals surface area contributed by atoms with E-state index in [9.17, 15) is 9.59 Å². The van der Waals surface area contributed by atoms with Crippen LogP contribution in [0, 0.1) is 0 Å². The monoisotopic (exact) mass is 446 g/mol. The van der Waals surface area contributed by atoms with Gasteiger partial charge < -0.3 is 0 Å². The number of hydrogen-bond acceptors (Lipinski definition) is 6. The number of thioether (sulfide) groups is 2.